The van der Waals surface area contributed by atoms with Gasteiger partial charge in [-0.25, -0.2) is 0 Å². The van der Waals surface area contributed by atoms with Crippen LogP contribution in [0.3, 0.4) is 0 Å². The maximum atomic E-state index is 12.8. The highest BCUT2D eigenvalue weighted by atomic mass is 16.5. The number of rotatable bonds is 7. The second-order valence-corrected chi connectivity index (χ2v) is 9.99. The first-order valence-electron chi connectivity index (χ1n) is 9.06. The molecule has 0 aliphatic heterocycles. The summed E-state index contributed by atoms with van der Waals surface area (Å²) in [5.74, 6) is 0.502. The Kier molecular flexibility index (Phi) is 6.11. The zero-order valence-electron chi connectivity index (χ0n) is 16.9. The van der Waals surface area contributed by atoms with Crippen LogP contribution in [0.5, 0.6) is 0 Å². The summed E-state index contributed by atoms with van der Waals surface area (Å²) in [5.41, 5.74) is -0.0156. The third-order valence-corrected chi connectivity index (χ3v) is 5.39. The minimum Gasteiger partial charge on any atom is -0.465 e. The van der Waals surface area contributed by atoms with Crippen LogP contribution < -0.4 is 0 Å². The average molecular weight is 337 g/mol. The van der Waals surface area contributed by atoms with Crippen LogP contribution >= 0.6 is 0 Å². The van der Waals surface area contributed by atoms with E-state index in [-0.39, 0.29) is 28.5 Å². The van der Waals surface area contributed by atoms with Gasteiger partial charge in [-0.05, 0) is 55.4 Å². The molecule has 0 saturated heterocycles. The average Bonchev–Trinajstić information content (AvgIpc) is 3.13. The minimum absolute atomic E-state index is 0.0521. The first-order chi connectivity index (χ1) is 10.7. The van der Waals surface area contributed by atoms with Crippen molar-refractivity contribution in [3.63, 3.8) is 0 Å². The highest BCUT2D eigenvalue weighted by Crippen LogP contribution is 2.48. The van der Waals surface area contributed by atoms with E-state index in [1.54, 1.807) is 6.92 Å². The van der Waals surface area contributed by atoms with Crippen molar-refractivity contribution in [2.75, 3.05) is 6.61 Å². The monoisotopic (exact) mass is 336 g/mol. The number of ether oxygens (including phenoxy) is 1. The van der Waals surface area contributed by atoms with Gasteiger partial charge in [-0.3, -0.25) is 9.59 Å². The van der Waals surface area contributed by atoms with E-state index in [1.807, 2.05) is 6.92 Å². The molecule has 24 heavy (non-hydrogen) atoms. The zero-order valence-corrected chi connectivity index (χ0v) is 16.9. The molecule has 1 aliphatic carbocycles. The first kappa shape index (κ1) is 20.9. The van der Waals surface area contributed by atoms with Gasteiger partial charge in [0.25, 0.3) is 0 Å². The highest BCUT2D eigenvalue weighted by molar-refractivity contribution is 5.97. The second-order valence-electron chi connectivity index (χ2n) is 9.99. The minimum atomic E-state index is -0.526. The Morgan fingerprint density at radius 1 is 1.08 bits per heavy atom. The van der Waals surface area contributed by atoms with E-state index in [1.165, 1.54) is 0 Å². The SMILES string of the molecule is C=C(C)C(=O)C1CC1CCOC(=O)C(C)(CC(C)(C)C)C(C)(C)C. The highest BCUT2D eigenvalue weighted by Gasteiger charge is 2.48. The third-order valence-electron chi connectivity index (χ3n) is 5.39. The Morgan fingerprint density at radius 3 is 2.04 bits per heavy atom. The van der Waals surface area contributed by atoms with E-state index in [2.05, 4.69) is 48.1 Å². The number of esters is 1. The van der Waals surface area contributed by atoms with Crippen LogP contribution in [0.25, 0.3) is 0 Å². The van der Waals surface area contributed by atoms with Gasteiger partial charge in [-0.15, -0.1) is 0 Å². The summed E-state index contributed by atoms with van der Waals surface area (Å²) < 4.78 is 5.65. The summed E-state index contributed by atoms with van der Waals surface area (Å²) >= 11 is 0. The first-order valence-corrected chi connectivity index (χ1v) is 9.06. The van der Waals surface area contributed by atoms with Gasteiger partial charge in [0.1, 0.15) is 0 Å². The van der Waals surface area contributed by atoms with Gasteiger partial charge in [-0.1, -0.05) is 48.1 Å². The lowest BCUT2D eigenvalue weighted by Gasteiger charge is -2.43. The summed E-state index contributed by atoms with van der Waals surface area (Å²) in [6, 6.07) is 0. The largest absolute Gasteiger partial charge is 0.465 e. The molecule has 3 unspecified atom stereocenters. The molecule has 3 heteroatoms. The number of allylic oxidation sites excluding steroid dienone is 1. The summed E-state index contributed by atoms with van der Waals surface area (Å²) in [4.78, 5) is 24.7. The van der Waals surface area contributed by atoms with E-state index in [9.17, 15) is 9.59 Å². The van der Waals surface area contributed by atoms with Crippen LogP contribution in [0.2, 0.25) is 0 Å². The van der Waals surface area contributed by atoms with Gasteiger partial charge in [0.2, 0.25) is 0 Å². The van der Waals surface area contributed by atoms with Crippen LogP contribution in [0.1, 0.15) is 74.7 Å². The Balaban J connectivity index is 2.59. The fourth-order valence-corrected chi connectivity index (χ4v) is 3.37. The number of carbonyl (C=O) groups excluding carboxylic acids is 2. The molecule has 0 bridgehead atoms. The van der Waals surface area contributed by atoms with Crippen molar-refractivity contribution in [2.45, 2.75) is 74.7 Å². The summed E-state index contributed by atoms with van der Waals surface area (Å²) in [6.45, 7) is 20.7. The van der Waals surface area contributed by atoms with Crippen molar-refractivity contribution in [3.05, 3.63) is 12.2 Å². The molecule has 0 amide bonds. The predicted octanol–water partition coefficient (Wildman–Crippen LogP) is 5.19. The molecule has 1 fully saturated rings. The van der Waals surface area contributed by atoms with Crippen molar-refractivity contribution in [1.82, 2.24) is 0 Å². The molecule has 3 nitrogen and oxygen atoms in total. The van der Waals surface area contributed by atoms with Crippen LogP contribution in [0, 0.1) is 28.1 Å². The molecule has 1 saturated carbocycles. The van der Waals surface area contributed by atoms with Crippen LogP contribution in [0.4, 0.5) is 0 Å². The molecule has 1 rings (SSSR count). The van der Waals surface area contributed by atoms with Crippen molar-refractivity contribution in [3.8, 4) is 0 Å². The van der Waals surface area contributed by atoms with E-state index >= 15 is 0 Å². The Morgan fingerprint density at radius 2 is 1.62 bits per heavy atom. The number of hydrogen-bond donors (Lipinski definition) is 0. The standard InChI is InChI=1S/C21H36O3/c1-14(2)17(22)16-12-15(16)10-11-24-18(23)21(9,20(6,7)8)13-19(3,4)5/h15-16H,1,10-13H2,2-9H3. The van der Waals surface area contributed by atoms with Crippen LogP contribution in [-0.2, 0) is 14.3 Å². The van der Waals surface area contributed by atoms with Gasteiger partial charge in [-0.2, -0.15) is 0 Å². The maximum Gasteiger partial charge on any atom is 0.312 e. The molecule has 3 atom stereocenters. The molecule has 0 N–H and O–H groups in total. The van der Waals surface area contributed by atoms with Crippen molar-refractivity contribution in [1.29, 1.82) is 0 Å². The lowest BCUT2D eigenvalue weighted by atomic mass is 9.61. The van der Waals surface area contributed by atoms with E-state index in [0.717, 1.165) is 19.3 Å². The number of carbonyl (C=O) groups is 2. The predicted molar refractivity (Wildman–Crippen MR) is 98.6 cm³/mol. The van der Waals surface area contributed by atoms with Crippen molar-refractivity contribution < 1.29 is 14.3 Å². The normalized spacial score (nSPS) is 23.3. The zero-order chi connectivity index (χ0) is 18.9. The lowest BCUT2D eigenvalue weighted by molar-refractivity contribution is -0.165. The van der Waals surface area contributed by atoms with Crippen molar-refractivity contribution >= 4 is 11.8 Å². The number of hydrogen-bond acceptors (Lipinski definition) is 3. The molecule has 0 aromatic heterocycles. The number of Topliss-reactive ketones (excluding diaryl/α,β-unsaturated/α-hetero) is 1. The summed E-state index contributed by atoms with van der Waals surface area (Å²) in [5, 5.41) is 0. The van der Waals surface area contributed by atoms with Gasteiger partial charge in [0, 0.05) is 5.92 Å². The van der Waals surface area contributed by atoms with Crippen molar-refractivity contribution in [2.24, 2.45) is 28.1 Å². The number of ketones is 1. The Bertz CT molecular complexity index is 504. The quantitative estimate of drug-likeness (QED) is 0.474. The Labute approximate surface area is 148 Å². The molecule has 0 radical (unpaired) electrons. The van der Waals surface area contributed by atoms with Gasteiger partial charge < -0.3 is 4.74 Å². The molecular weight excluding hydrogens is 300 g/mol. The lowest BCUT2D eigenvalue weighted by Crippen LogP contribution is -2.44. The van der Waals surface area contributed by atoms with Gasteiger partial charge in [0.05, 0.1) is 12.0 Å². The van der Waals surface area contributed by atoms with E-state index < -0.39 is 5.41 Å². The Hall–Kier alpha value is -1.12. The van der Waals surface area contributed by atoms with E-state index in [0.29, 0.717) is 18.1 Å². The molecule has 138 valence electrons. The molecular formula is C21H36O3. The smallest absolute Gasteiger partial charge is 0.312 e. The molecule has 1 aliphatic rings. The molecule has 0 heterocycles. The molecule has 0 spiro atoms. The topological polar surface area (TPSA) is 43.4 Å². The fraction of sp³-hybridized carbons (Fsp3) is 0.810. The maximum absolute atomic E-state index is 12.8. The van der Waals surface area contributed by atoms with Gasteiger partial charge in [0.15, 0.2) is 5.78 Å². The summed E-state index contributed by atoms with van der Waals surface area (Å²) in [6.07, 6.45) is 2.45. The fourth-order valence-electron chi connectivity index (χ4n) is 3.37. The second kappa shape index (κ2) is 7.01. The summed E-state index contributed by atoms with van der Waals surface area (Å²) in [7, 11) is 0. The van der Waals surface area contributed by atoms with Crippen LogP contribution in [-0.4, -0.2) is 18.4 Å². The molecule has 0 aromatic rings. The third kappa shape index (κ3) is 5.19. The van der Waals surface area contributed by atoms with E-state index in [4.69, 9.17) is 4.74 Å². The van der Waals surface area contributed by atoms with Gasteiger partial charge >= 0.3 is 5.97 Å². The van der Waals surface area contributed by atoms with Crippen LogP contribution in [0.15, 0.2) is 12.2 Å². The molecule has 0 aromatic carbocycles.